The van der Waals surface area contributed by atoms with Crippen molar-refractivity contribution in [2.75, 3.05) is 39.6 Å². The number of phosphoric ester groups is 2. The molecule has 0 rings (SSSR count). The number of ether oxygens (including phenoxy) is 4. The molecule has 0 bridgehead atoms. The molecule has 0 aliphatic carbocycles. The molecule has 17 nitrogen and oxygen atoms in total. The van der Waals surface area contributed by atoms with Gasteiger partial charge in [-0.3, -0.25) is 37.3 Å². The maximum atomic E-state index is 13.1. The van der Waals surface area contributed by atoms with Crippen molar-refractivity contribution in [1.82, 2.24) is 0 Å². The third-order valence-electron chi connectivity index (χ3n) is 17.4. The van der Waals surface area contributed by atoms with Gasteiger partial charge in [-0.15, -0.1) is 0 Å². The van der Waals surface area contributed by atoms with E-state index < -0.39 is 97.5 Å². The summed E-state index contributed by atoms with van der Waals surface area (Å²) in [5.74, 6) is -2.12. The van der Waals surface area contributed by atoms with Crippen LogP contribution in [-0.4, -0.2) is 96.7 Å². The number of unbranched alkanes of at least 4 members (excludes halogenated alkanes) is 49. The minimum Gasteiger partial charge on any atom is -0.462 e. The fourth-order valence-electron chi connectivity index (χ4n) is 11.4. The van der Waals surface area contributed by atoms with Crippen LogP contribution in [0.1, 0.15) is 394 Å². The predicted molar refractivity (Wildman–Crippen MR) is 377 cm³/mol. The molecule has 0 radical (unpaired) electrons. The smallest absolute Gasteiger partial charge is 0.462 e. The van der Waals surface area contributed by atoms with Crippen molar-refractivity contribution in [2.45, 2.75) is 412 Å². The minimum atomic E-state index is -4.95. The van der Waals surface area contributed by atoms with E-state index in [1.807, 2.05) is 0 Å². The zero-order valence-electron chi connectivity index (χ0n) is 60.2. The van der Waals surface area contributed by atoms with Crippen LogP contribution in [0.25, 0.3) is 0 Å². The van der Waals surface area contributed by atoms with E-state index in [1.165, 1.54) is 225 Å². The van der Waals surface area contributed by atoms with E-state index in [0.29, 0.717) is 25.7 Å². The van der Waals surface area contributed by atoms with E-state index in [4.69, 9.17) is 37.0 Å². The van der Waals surface area contributed by atoms with E-state index in [1.54, 1.807) is 0 Å². The first-order chi connectivity index (χ1) is 45.2. The molecule has 0 amide bonds. The lowest BCUT2D eigenvalue weighted by Crippen LogP contribution is -2.30. The van der Waals surface area contributed by atoms with Crippen LogP contribution in [0.5, 0.6) is 0 Å². The Balaban J connectivity index is 5.14. The standard InChI is InChI=1S/C74H144O17P2/c1-5-9-13-17-21-25-28-30-31-32-33-34-35-36-37-38-39-41-45-49-53-57-61-74(79)91-70(65-85-72(77)59-55-51-47-44-40-29-26-22-18-14-10-6-2)67-89-93(82,83)87-63-68(75)62-86-92(80,81)88-66-69(64-84-71(76)58-54-50-46-42-24-20-16-12-8-4)90-73(78)60-56-52-48-43-27-23-19-15-11-7-3/h68-70,75H,5-67H2,1-4H3,(H,80,81)(H,82,83)/t68-,69+,70+/m0/s1. The van der Waals surface area contributed by atoms with Gasteiger partial charge in [0.25, 0.3) is 0 Å². The number of hydrogen-bond donors (Lipinski definition) is 3. The number of carbonyl (C=O) groups excluding carboxylic acids is 4. The molecule has 3 N–H and O–H groups in total. The van der Waals surface area contributed by atoms with Crippen molar-refractivity contribution < 1.29 is 80.2 Å². The van der Waals surface area contributed by atoms with Crippen LogP contribution in [0.15, 0.2) is 0 Å². The van der Waals surface area contributed by atoms with Gasteiger partial charge in [0.2, 0.25) is 0 Å². The third-order valence-corrected chi connectivity index (χ3v) is 19.3. The largest absolute Gasteiger partial charge is 0.472 e. The van der Waals surface area contributed by atoms with E-state index >= 15 is 0 Å². The normalized spacial score (nSPS) is 13.9. The van der Waals surface area contributed by atoms with Crippen LogP contribution in [0.2, 0.25) is 0 Å². The second-order valence-electron chi connectivity index (χ2n) is 26.7. The lowest BCUT2D eigenvalue weighted by atomic mass is 10.0. The van der Waals surface area contributed by atoms with E-state index in [-0.39, 0.29) is 25.7 Å². The molecule has 0 aromatic carbocycles. The highest BCUT2D eigenvalue weighted by atomic mass is 31.2. The van der Waals surface area contributed by atoms with Gasteiger partial charge in [0.1, 0.15) is 19.3 Å². The quantitative estimate of drug-likeness (QED) is 0.0222. The molecule has 552 valence electrons. The maximum absolute atomic E-state index is 13.1. The molecule has 0 aliphatic rings. The van der Waals surface area contributed by atoms with E-state index in [2.05, 4.69) is 27.7 Å². The molecule has 19 heteroatoms. The van der Waals surface area contributed by atoms with Gasteiger partial charge in [-0.2, -0.15) is 0 Å². The van der Waals surface area contributed by atoms with Crippen molar-refractivity contribution in [3.63, 3.8) is 0 Å². The molecule has 0 saturated carbocycles. The molecule has 5 atom stereocenters. The highest BCUT2D eigenvalue weighted by Gasteiger charge is 2.30. The van der Waals surface area contributed by atoms with Crippen LogP contribution in [0, 0.1) is 0 Å². The average Bonchev–Trinajstić information content (AvgIpc) is 3.72. The van der Waals surface area contributed by atoms with Gasteiger partial charge in [-0.1, -0.05) is 342 Å². The molecular weight excluding hydrogens is 1220 g/mol. The molecule has 0 spiro atoms. The fraction of sp³-hybridized carbons (Fsp3) is 0.946. The average molecular weight is 1370 g/mol. The van der Waals surface area contributed by atoms with Crippen molar-refractivity contribution in [1.29, 1.82) is 0 Å². The summed E-state index contributed by atoms with van der Waals surface area (Å²) in [5.41, 5.74) is 0. The number of aliphatic hydroxyl groups excluding tert-OH is 1. The summed E-state index contributed by atoms with van der Waals surface area (Å²) >= 11 is 0. The SMILES string of the molecule is CCCCCCCCCCCCCCCCCCCCCCCCC(=O)O[C@H](COC(=O)CCCCCCCCCCCCCC)COP(=O)(O)OC[C@@H](O)COP(=O)(O)OC[C@@H](COC(=O)CCCCCCCCCCC)OC(=O)CCCCCCCCCCCC. The number of rotatable bonds is 75. The molecule has 93 heavy (non-hydrogen) atoms. The number of carbonyl (C=O) groups is 4. The lowest BCUT2D eigenvalue weighted by Gasteiger charge is -2.21. The number of aliphatic hydroxyl groups is 1. The Hall–Kier alpha value is -1.94. The van der Waals surface area contributed by atoms with Crippen LogP contribution >= 0.6 is 15.6 Å². The monoisotopic (exact) mass is 1370 g/mol. The van der Waals surface area contributed by atoms with Gasteiger partial charge in [0.15, 0.2) is 12.2 Å². The van der Waals surface area contributed by atoms with Gasteiger partial charge in [0.05, 0.1) is 26.4 Å². The Bertz CT molecular complexity index is 1770. The van der Waals surface area contributed by atoms with E-state index in [9.17, 15) is 43.2 Å². The first-order valence-electron chi connectivity index (χ1n) is 38.8. The van der Waals surface area contributed by atoms with Crippen LogP contribution < -0.4 is 0 Å². The number of phosphoric acid groups is 2. The summed E-state index contributed by atoms with van der Waals surface area (Å²) in [6, 6.07) is 0. The molecular formula is C74H144O17P2. The Morgan fingerprint density at radius 3 is 0.634 bits per heavy atom. The van der Waals surface area contributed by atoms with Crippen molar-refractivity contribution in [3.8, 4) is 0 Å². The van der Waals surface area contributed by atoms with Gasteiger partial charge in [0, 0.05) is 25.7 Å². The van der Waals surface area contributed by atoms with Gasteiger partial charge >= 0.3 is 39.5 Å². The van der Waals surface area contributed by atoms with Crippen LogP contribution in [0.3, 0.4) is 0 Å². The Labute approximate surface area is 568 Å². The first-order valence-corrected chi connectivity index (χ1v) is 41.8. The van der Waals surface area contributed by atoms with Crippen LogP contribution in [-0.2, 0) is 65.4 Å². The molecule has 2 unspecified atom stereocenters. The highest BCUT2D eigenvalue weighted by molar-refractivity contribution is 7.47. The number of esters is 4. The fourth-order valence-corrected chi connectivity index (χ4v) is 13.0. The van der Waals surface area contributed by atoms with Gasteiger partial charge in [-0.25, -0.2) is 9.13 Å². The Kier molecular flexibility index (Phi) is 67.1. The summed E-state index contributed by atoms with van der Waals surface area (Å²) in [5, 5.41) is 10.6. The lowest BCUT2D eigenvalue weighted by molar-refractivity contribution is -0.161. The van der Waals surface area contributed by atoms with Crippen molar-refractivity contribution >= 4 is 39.5 Å². The first kappa shape index (κ1) is 91.1. The third kappa shape index (κ3) is 68.4. The summed E-state index contributed by atoms with van der Waals surface area (Å²) in [6.07, 6.45) is 58.4. The van der Waals surface area contributed by atoms with Crippen molar-refractivity contribution in [2.24, 2.45) is 0 Å². The molecule has 0 aromatic rings. The predicted octanol–water partition coefficient (Wildman–Crippen LogP) is 21.8. The summed E-state index contributed by atoms with van der Waals surface area (Å²) in [4.78, 5) is 72.6. The molecule has 0 heterocycles. The van der Waals surface area contributed by atoms with Crippen molar-refractivity contribution in [3.05, 3.63) is 0 Å². The van der Waals surface area contributed by atoms with Crippen LogP contribution in [0.4, 0.5) is 0 Å². The topological polar surface area (TPSA) is 237 Å². The van der Waals surface area contributed by atoms with Gasteiger partial charge < -0.3 is 33.8 Å². The summed E-state index contributed by atoms with van der Waals surface area (Å²) in [6.45, 7) is 4.94. The molecule has 0 aliphatic heterocycles. The van der Waals surface area contributed by atoms with Gasteiger partial charge in [-0.05, 0) is 25.7 Å². The summed E-state index contributed by atoms with van der Waals surface area (Å²) in [7, 11) is -9.90. The maximum Gasteiger partial charge on any atom is 0.472 e. The zero-order valence-corrected chi connectivity index (χ0v) is 62.0. The molecule has 0 fully saturated rings. The Morgan fingerprint density at radius 2 is 0.430 bits per heavy atom. The summed E-state index contributed by atoms with van der Waals surface area (Å²) < 4.78 is 68.3. The Morgan fingerprint density at radius 1 is 0.258 bits per heavy atom. The zero-order chi connectivity index (χ0) is 68.2. The van der Waals surface area contributed by atoms with E-state index in [0.717, 1.165) is 89.9 Å². The number of hydrogen-bond acceptors (Lipinski definition) is 15. The molecule has 0 aromatic heterocycles. The second-order valence-corrected chi connectivity index (χ2v) is 29.6. The highest BCUT2D eigenvalue weighted by Crippen LogP contribution is 2.45. The minimum absolute atomic E-state index is 0.107. The second kappa shape index (κ2) is 68.6. The molecule has 0 saturated heterocycles.